The Morgan fingerprint density at radius 1 is 1.27 bits per heavy atom. The average molecular weight is 351 g/mol. The van der Waals surface area contributed by atoms with Gasteiger partial charge in [-0.1, -0.05) is 25.5 Å². The zero-order valence-electron chi connectivity index (χ0n) is 14.7. The van der Waals surface area contributed by atoms with Crippen molar-refractivity contribution in [2.45, 2.75) is 31.8 Å². The van der Waals surface area contributed by atoms with E-state index in [0.717, 1.165) is 41.4 Å². The van der Waals surface area contributed by atoms with Gasteiger partial charge in [-0.15, -0.1) is 0 Å². The standard InChI is InChI=1S/C21H22FN3O/c1-2-12-9-16-15-10-13(19(26)14-5-3-4-6-17(14)22)7-8-18(15)25-20(16)21(23,24)11-12/h3-8,10,12,25H,2,9,11,23-24H2,1H3. The highest BCUT2D eigenvalue weighted by Crippen LogP contribution is 2.38. The second-order valence-corrected chi connectivity index (χ2v) is 7.27. The molecule has 1 aromatic heterocycles. The van der Waals surface area contributed by atoms with Crippen molar-refractivity contribution < 1.29 is 9.18 Å². The Hall–Kier alpha value is -2.50. The van der Waals surface area contributed by atoms with Crippen molar-refractivity contribution in [3.63, 3.8) is 0 Å². The molecule has 0 fully saturated rings. The van der Waals surface area contributed by atoms with Gasteiger partial charge in [0.2, 0.25) is 0 Å². The van der Waals surface area contributed by atoms with Gasteiger partial charge >= 0.3 is 0 Å². The van der Waals surface area contributed by atoms with E-state index >= 15 is 0 Å². The maximum Gasteiger partial charge on any atom is 0.195 e. The zero-order valence-corrected chi connectivity index (χ0v) is 14.7. The first-order valence-corrected chi connectivity index (χ1v) is 8.92. The first kappa shape index (κ1) is 16.9. The molecule has 0 aliphatic heterocycles. The van der Waals surface area contributed by atoms with E-state index in [1.54, 1.807) is 18.2 Å². The smallest absolute Gasteiger partial charge is 0.195 e. The highest BCUT2D eigenvalue weighted by molar-refractivity contribution is 6.11. The van der Waals surface area contributed by atoms with E-state index in [2.05, 4.69) is 11.9 Å². The zero-order chi connectivity index (χ0) is 18.5. The number of aromatic amines is 1. The van der Waals surface area contributed by atoms with Gasteiger partial charge in [0.25, 0.3) is 0 Å². The molecular weight excluding hydrogens is 329 g/mol. The van der Waals surface area contributed by atoms with Crippen molar-refractivity contribution in [2.75, 3.05) is 0 Å². The van der Waals surface area contributed by atoms with E-state index < -0.39 is 11.5 Å². The van der Waals surface area contributed by atoms with Crippen molar-refractivity contribution in [1.82, 2.24) is 4.98 Å². The Balaban J connectivity index is 1.84. The third kappa shape index (κ3) is 2.64. The Labute approximate surface area is 151 Å². The van der Waals surface area contributed by atoms with Crippen molar-refractivity contribution >= 4 is 16.7 Å². The highest BCUT2D eigenvalue weighted by atomic mass is 19.1. The Kier molecular flexibility index (Phi) is 3.93. The fraction of sp³-hybridized carbons (Fsp3) is 0.286. The van der Waals surface area contributed by atoms with Crippen LogP contribution in [0.4, 0.5) is 4.39 Å². The fourth-order valence-electron chi connectivity index (χ4n) is 4.03. The number of aromatic nitrogens is 1. The molecule has 0 bridgehead atoms. The molecule has 5 heteroatoms. The summed E-state index contributed by atoms with van der Waals surface area (Å²) in [4.78, 5) is 16.1. The Morgan fingerprint density at radius 2 is 2.04 bits per heavy atom. The van der Waals surface area contributed by atoms with Gasteiger partial charge in [0.1, 0.15) is 11.5 Å². The lowest BCUT2D eigenvalue weighted by Crippen LogP contribution is -2.50. The van der Waals surface area contributed by atoms with Gasteiger partial charge in [-0.25, -0.2) is 4.39 Å². The molecule has 1 atom stereocenters. The summed E-state index contributed by atoms with van der Waals surface area (Å²) in [7, 11) is 0. The van der Waals surface area contributed by atoms with Gasteiger partial charge in [-0.05, 0) is 54.7 Å². The SMILES string of the molecule is CCC1Cc2c([nH]c3ccc(C(=O)c4ccccc4F)cc23)C(N)(N)C1. The lowest BCUT2D eigenvalue weighted by Gasteiger charge is -2.34. The van der Waals surface area contributed by atoms with Crippen molar-refractivity contribution in [2.24, 2.45) is 17.4 Å². The van der Waals surface area contributed by atoms with Crippen LogP contribution in [0.25, 0.3) is 10.9 Å². The number of carbonyl (C=O) groups excluding carboxylic acids is 1. The van der Waals surface area contributed by atoms with Gasteiger partial charge in [0.05, 0.1) is 11.3 Å². The summed E-state index contributed by atoms with van der Waals surface area (Å²) in [5.41, 5.74) is 15.2. The van der Waals surface area contributed by atoms with E-state index in [4.69, 9.17) is 11.5 Å². The molecule has 0 radical (unpaired) electrons. The van der Waals surface area contributed by atoms with Crippen molar-refractivity contribution in [3.8, 4) is 0 Å². The highest BCUT2D eigenvalue weighted by Gasteiger charge is 2.36. The maximum absolute atomic E-state index is 14.0. The predicted octanol–water partition coefficient (Wildman–Crippen LogP) is 3.58. The molecule has 4 nitrogen and oxygen atoms in total. The normalized spacial score (nSPS) is 18.7. The van der Waals surface area contributed by atoms with Crippen LogP contribution in [0.1, 0.15) is 46.9 Å². The van der Waals surface area contributed by atoms with Crippen LogP contribution in [0, 0.1) is 11.7 Å². The molecule has 1 heterocycles. The molecule has 0 saturated heterocycles. The summed E-state index contributed by atoms with van der Waals surface area (Å²) in [5.74, 6) is -0.431. The number of carbonyl (C=O) groups is 1. The molecule has 3 aromatic rings. The number of rotatable bonds is 3. The number of nitrogens with one attached hydrogen (secondary N) is 1. The minimum atomic E-state index is -0.900. The van der Waals surface area contributed by atoms with Crippen LogP contribution in [-0.4, -0.2) is 10.8 Å². The number of H-pyrrole nitrogens is 1. The maximum atomic E-state index is 14.0. The topological polar surface area (TPSA) is 84.9 Å². The van der Waals surface area contributed by atoms with Crippen LogP contribution >= 0.6 is 0 Å². The second-order valence-electron chi connectivity index (χ2n) is 7.27. The molecule has 5 N–H and O–H groups in total. The summed E-state index contributed by atoms with van der Waals surface area (Å²) in [5, 5.41) is 0.945. The monoisotopic (exact) mass is 351 g/mol. The number of nitrogens with two attached hydrogens (primary N) is 2. The third-order valence-electron chi connectivity index (χ3n) is 5.45. The lowest BCUT2D eigenvalue weighted by atomic mass is 9.79. The minimum absolute atomic E-state index is 0.0784. The largest absolute Gasteiger partial charge is 0.356 e. The van der Waals surface area contributed by atoms with Gasteiger partial charge in [0.15, 0.2) is 5.78 Å². The van der Waals surface area contributed by atoms with Crippen molar-refractivity contribution in [1.29, 1.82) is 0 Å². The Morgan fingerprint density at radius 3 is 2.77 bits per heavy atom. The van der Waals surface area contributed by atoms with Gasteiger partial charge in [0, 0.05) is 16.5 Å². The predicted molar refractivity (Wildman–Crippen MR) is 100 cm³/mol. The second kappa shape index (κ2) is 6.04. The molecule has 0 amide bonds. The molecule has 1 aliphatic rings. The van der Waals surface area contributed by atoms with Crippen LogP contribution in [-0.2, 0) is 12.1 Å². The third-order valence-corrected chi connectivity index (χ3v) is 5.45. The first-order chi connectivity index (χ1) is 12.4. The molecule has 2 aromatic carbocycles. The summed E-state index contributed by atoms with van der Waals surface area (Å²) in [6, 6.07) is 11.4. The summed E-state index contributed by atoms with van der Waals surface area (Å²) in [6.07, 6.45) is 2.60. The van der Waals surface area contributed by atoms with E-state index in [9.17, 15) is 9.18 Å². The van der Waals surface area contributed by atoms with E-state index in [1.807, 2.05) is 12.1 Å². The van der Waals surface area contributed by atoms with E-state index in [-0.39, 0.29) is 11.3 Å². The summed E-state index contributed by atoms with van der Waals surface area (Å²) < 4.78 is 14.0. The minimum Gasteiger partial charge on any atom is -0.356 e. The number of hydrogen-bond donors (Lipinski definition) is 3. The van der Waals surface area contributed by atoms with Crippen LogP contribution in [0.2, 0.25) is 0 Å². The van der Waals surface area contributed by atoms with Crippen LogP contribution in [0.3, 0.4) is 0 Å². The molecule has 134 valence electrons. The Bertz CT molecular complexity index is 1010. The molecular formula is C21H22FN3O. The molecule has 0 spiro atoms. The summed E-state index contributed by atoms with van der Waals surface area (Å²) in [6.45, 7) is 2.13. The number of halogens is 1. The molecule has 0 saturated carbocycles. The number of ketones is 1. The van der Waals surface area contributed by atoms with Crippen LogP contribution < -0.4 is 11.5 Å². The average Bonchev–Trinajstić information content (AvgIpc) is 3.00. The summed E-state index contributed by atoms with van der Waals surface area (Å²) >= 11 is 0. The number of hydrogen-bond acceptors (Lipinski definition) is 3. The van der Waals surface area contributed by atoms with Crippen molar-refractivity contribution in [3.05, 3.63) is 70.7 Å². The van der Waals surface area contributed by atoms with Crippen LogP contribution in [0.15, 0.2) is 42.5 Å². The van der Waals surface area contributed by atoms with E-state index in [0.29, 0.717) is 11.5 Å². The molecule has 1 unspecified atom stereocenters. The number of benzene rings is 2. The fourth-order valence-corrected chi connectivity index (χ4v) is 4.03. The quantitative estimate of drug-likeness (QED) is 0.498. The van der Waals surface area contributed by atoms with Gasteiger partial charge < -0.3 is 16.5 Å². The van der Waals surface area contributed by atoms with E-state index in [1.165, 1.54) is 12.1 Å². The van der Waals surface area contributed by atoms with Gasteiger partial charge in [-0.2, -0.15) is 0 Å². The number of fused-ring (bicyclic) bond motifs is 3. The molecule has 26 heavy (non-hydrogen) atoms. The van der Waals surface area contributed by atoms with Crippen LogP contribution in [0.5, 0.6) is 0 Å². The molecule has 4 rings (SSSR count). The van der Waals surface area contributed by atoms with Gasteiger partial charge in [-0.3, -0.25) is 4.79 Å². The molecule has 1 aliphatic carbocycles. The lowest BCUT2D eigenvalue weighted by molar-refractivity contribution is 0.103. The first-order valence-electron chi connectivity index (χ1n) is 8.92.